The molecule has 0 radical (unpaired) electrons. The van der Waals surface area contributed by atoms with Gasteiger partial charge in [-0.15, -0.1) is 0 Å². The van der Waals surface area contributed by atoms with Gasteiger partial charge in [0.2, 0.25) is 0 Å². The van der Waals surface area contributed by atoms with E-state index in [4.69, 9.17) is 9.47 Å². The summed E-state index contributed by atoms with van der Waals surface area (Å²) >= 11 is 0. The van der Waals surface area contributed by atoms with E-state index in [2.05, 4.69) is 148 Å². The van der Waals surface area contributed by atoms with Gasteiger partial charge in [-0.1, -0.05) is 218 Å². The number of carbonyl (C=O) groups is 2. The molecule has 0 heterocycles. The van der Waals surface area contributed by atoms with Gasteiger partial charge in [0.05, 0.1) is 6.61 Å². The van der Waals surface area contributed by atoms with Gasteiger partial charge in [0, 0.05) is 12.8 Å². The quantitative estimate of drug-likeness (QED) is 0.0375. The lowest BCUT2D eigenvalue weighted by Crippen LogP contribution is -2.28. The van der Waals surface area contributed by atoms with Crippen molar-refractivity contribution in [2.75, 3.05) is 13.2 Å². The van der Waals surface area contributed by atoms with Crippen LogP contribution in [-0.4, -0.2) is 36.4 Å². The van der Waals surface area contributed by atoms with Gasteiger partial charge in [0.15, 0.2) is 6.10 Å². The van der Waals surface area contributed by atoms with Gasteiger partial charge in [0.1, 0.15) is 6.61 Å². The van der Waals surface area contributed by atoms with Crippen molar-refractivity contribution in [3.63, 3.8) is 0 Å². The number of esters is 2. The maximum atomic E-state index is 12.2. The minimum atomic E-state index is -0.787. The maximum absolute atomic E-state index is 12.2. The molecule has 0 fully saturated rings. The standard InChI is InChI=1S/C59H94O5/c1-3-5-7-9-11-13-15-16-17-18-19-20-21-22-23-24-25-26-27-28-29-30-31-32-33-34-35-36-37-38-39-40-41-42-44-46-48-50-52-54-59(62)64-57(55-60)56-63-58(61)53-51-49-47-45-43-14-12-10-8-6-4-2/h5,7,10-13,16-17,19-20,22-23,25-26,28-29,31-32,34-35,37-38,57,60H,3-4,6,8-9,14-15,18,21,24,27,30,33,36,39-56H2,1-2H3/b7-5-,12-10-,13-11-,17-16-,20-19-,23-22-,26-25-,29-28-,32-31-,35-34-,38-37-. The third-order valence-corrected chi connectivity index (χ3v) is 10.4. The molecule has 0 aliphatic heterocycles. The van der Waals surface area contributed by atoms with Crippen molar-refractivity contribution < 1.29 is 24.2 Å². The van der Waals surface area contributed by atoms with Crippen molar-refractivity contribution in [2.24, 2.45) is 0 Å². The number of aliphatic hydroxyl groups is 1. The molecule has 0 aliphatic rings. The first-order chi connectivity index (χ1) is 31.6. The number of aliphatic hydroxyl groups excluding tert-OH is 1. The van der Waals surface area contributed by atoms with Gasteiger partial charge >= 0.3 is 11.9 Å². The fraction of sp³-hybridized carbons (Fsp3) is 0.593. The van der Waals surface area contributed by atoms with E-state index in [-0.39, 0.29) is 25.2 Å². The molecule has 0 amide bonds. The van der Waals surface area contributed by atoms with Crippen LogP contribution < -0.4 is 0 Å². The van der Waals surface area contributed by atoms with Crippen molar-refractivity contribution in [1.29, 1.82) is 0 Å². The van der Waals surface area contributed by atoms with Crippen molar-refractivity contribution in [3.05, 3.63) is 134 Å². The summed E-state index contributed by atoms with van der Waals surface area (Å²) in [6, 6.07) is 0. The Bertz CT molecular complexity index is 1370. The van der Waals surface area contributed by atoms with E-state index in [0.29, 0.717) is 12.8 Å². The summed E-state index contributed by atoms with van der Waals surface area (Å²) in [6.07, 6.45) is 79.8. The zero-order valence-corrected chi connectivity index (χ0v) is 41.0. The molecule has 0 saturated carbocycles. The molecule has 0 aromatic heterocycles. The van der Waals surface area contributed by atoms with E-state index in [1.54, 1.807) is 0 Å². The van der Waals surface area contributed by atoms with Crippen LogP contribution in [0.1, 0.15) is 206 Å². The molecule has 5 heteroatoms. The predicted octanol–water partition coefficient (Wildman–Crippen LogP) is 17.3. The van der Waals surface area contributed by atoms with Crippen LogP contribution in [0, 0.1) is 0 Å². The number of allylic oxidation sites excluding steroid dienone is 22. The number of unbranched alkanes of at least 4 members (excludes halogenated alkanes) is 15. The molecule has 1 N–H and O–H groups in total. The summed E-state index contributed by atoms with van der Waals surface area (Å²) in [4.78, 5) is 24.3. The fourth-order valence-corrected chi connectivity index (χ4v) is 6.56. The summed E-state index contributed by atoms with van der Waals surface area (Å²) in [6.45, 7) is 3.95. The number of hydrogen-bond donors (Lipinski definition) is 1. The zero-order valence-electron chi connectivity index (χ0n) is 41.0. The van der Waals surface area contributed by atoms with Crippen LogP contribution in [0.25, 0.3) is 0 Å². The first kappa shape index (κ1) is 60.0. The average molecular weight is 883 g/mol. The number of hydrogen-bond acceptors (Lipinski definition) is 5. The van der Waals surface area contributed by atoms with Gasteiger partial charge < -0.3 is 14.6 Å². The Balaban J connectivity index is 3.62. The molecule has 0 aromatic rings. The van der Waals surface area contributed by atoms with Crippen LogP contribution >= 0.6 is 0 Å². The van der Waals surface area contributed by atoms with E-state index in [1.165, 1.54) is 64.2 Å². The molecule has 0 aromatic carbocycles. The largest absolute Gasteiger partial charge is 0.462 e. The molecular weight excluding hydrogens is 789 g/mol. The first-order valence-electron chi connectivity index (χ1n) is 25.7. The molecule has 1 unspecified atom stereocenters. The fourth-order valence-electron chi connectivity index (χ4n) is 6.56. The van der Waals surface area contributed by atoms with Crippen molar-refractivity contribution in [3.8, 4) is 0 Å². The third kappa shape index (κ3) is 50.7. The second-order valence-electron chi connectivity index (χ2n) is 16.5. The number of ether oxygens (including phenoxy) is 2. The third-order valence-electron chi connectivity index (χ3n) is 10.4. The topological polar surface area (TPSA) is 72.8 Å². The Morgan fingerprint density at radius 1 is 0.375 bits per heavy atom. The van der Waals surface area contributed by atoms with Crippen LogP contribution in [0.15, 0.2) is 134 Å². The van der Waals surface area contributed by atoms with Gasteiger partial charge in [-0.05, 0) is 109 Å². The summed E-state index contributed by atoms with van der Waals surface area (Å²) in [7, 11) is 0. The van der Waals surface area contributed by atoms with Crippen LogP contribution in [0.2, 0.25) is 0 Å². The molecule has 5 nitrogen and oxygen atoms in total. The lowest BCUT2D eigenvalue weighted by Gasteiger charge is -2.15. The van der Waals surface area contributed by atoms with Gasteiger partial charge in [-0.3, -0.25) is 9.59 Å². The number of carbonyl (C=O) groups excluding carboxylic acids is 2. The van der Waals surface area contributed by atoms with Gasteiger partial charge in [0.25, 0.3) is 0 Å². The lowest BCUT2D eigenvalue weighted by atomic mass is 10.1. The van der Waals surface area contributed by atoms with Crippen molar-refractivity contribution in [2.45, 2.75) is 213 Å². The van der Waals surface area contributed by atoms with E-state index < -0.39 is 6.10 Å². The molecule has 1 atom stereocenters. The highest BCUT2D eigenvalue weighted by molar-refractivity contribution is 5.70. The zero-order chi connectivity index (χ0) is 46.3. The van der Waals surface area contributed by atoms with E-state index in [1.807, 2.05) is 0 Å². The molecule has 0 bridgehead atoms. The van der Waals surface area contributed by atoms with Crippen molar-refractivity contribution >= 4 is 11.9 Å². The first-order valence-corrected chi connectivity index (χ1v) is 25.7. The summed E-state index contributed by atoms with van der Waals surface area (Å²) in [5.41, 5.74) is 0. The Labute approximate surface area is 394 Å². The van der Waals surface area contributed by atoms with Gasteiger partial charge in [-0.25, -0.2) is 0 Å². The van der Waals surface area contributed by atoms with Crippen LogP contribution in [0.3, 0.4) is 0 Å². The molecule has 64 heavy (non-hydrogen) atoms. The smallest absolute Gasteiger partial charge is 0.306 e. The second-order valence-corrected chi connectivity index (χ2v) is 16.5. The highest BCUT2D eigenvalue weighted by atomic mass is 16.6. The summed E-state index contributed by atoms with van der Waals surface area (Å²) in [5, 5.41) is 9.58. The minimum absolute atomic E-state index is 0.0805. The molecule has 0 aliphatic carbocycles. The van der Waals surface area contributed by atoms with Crippen LogP contribution in [-0.2, 0) is 19.1 Å². The maximum Gasteiger partial charge on any atom is 0.306 e. The van der Waals surface area contributed by atoms with E-state index in [0.717, 1.165) is 116 Å². The Morgan fingerprint density at radius 3 is 1.03 bits per heavy atom. The molecule has 0 rings (SSSR count). The lowest BCUT2D eigenvalue weighted by molar-refractivity contribution is -0.161. The summed E-state index contributed by atoms with van der Waals surface area (Å²) in [5.74, 6) is -0.621. The van der Waals surface area contributed by atoms with Crippen LogP contribution in [0.4, 0.5) is 0 Å². The second kappa shape index (κ2) is 53.4. The Hall–Kier alpha value is -3.96. The van der Waals surface area contributed by atoms with Gasteiger partial charge in [-0.2, -0.15) is 0 Å². The monoisotopic (exact) mass is 883 g/mol. The predicted molar refractivity (Wildman–Crippen MR) is 278 cm³/mol. The number of rotatable bonds is 45. The minimum Gasteiger partial charge on any atom is -0.462 e. The van der Waals surface area contributed by atoms with Crippen molar-refractivity contribution in [1.82, 2.24) is 0 Å². The summed E-state index contributed by atoms with van der Waals surface area (Å²) < 4.78 is 10.6. The molecule has 360 valence electrons. The highest BCUT2D eigenvalue weighted by Gasteiger charge is 2.16. The van der Waals surface area contributed by atoms with E-state index in [9.17, 15) is 14.7 Å². The molecular formula is C59H94O5. The molecule has 0 spiro atoms. The average Bonchev–Trinajstić information content (AvgIpc) is 3.30. The SMILES string of the molecule is CC/C=C\C/C=C\C/C=C\C/C=C\C/C=C\C/C=C\C/C=C\C/C=C\C/C=C\C/C=C\CCCCCCCCCCC(=O)OC(CO)COC(=O)CCCCCCC/C=C\CCCC. The highest BCUT2D eigenvalue weighted by Crippen LogP contribution is 2.13. The normalized spacial score (nSPS) is 13.4. The molecule has 0 saturated heterocycles. The van der Waals surface area contributed by atoms with Crippen LogP contribution in [0.5, 0.6) is 0 Å². The Kier molecular flexibility index (Phi) is 50.1. The van der Waals surface area contributed by atoms with E-state index >= 15 is 0 Å². The Morgan fingerprint density at radius 2 is 0.672 bits per heavy atom.